The summed E-state index contributed by atoms with van der Waals surface area (Å²) in [6.45, 7) is 0.634. The van der Waals surface area contributed by atoms with Crippen molar-refractivity contribution in [2.24, 2.45) is 0 Å². The first-order chi connectivity index (χ1) is 16.8. The van der Waals surface area contributed by atoms with Gasteiger partial charge in [0, 0.05) is 38.8 Å². The number of nitrogens with zero attached hydrogens (tertiary/aromatic N) is 3. The van der Waals surface area contributed by atoms with Crippen molar-refractivity contribution >= 4 is 22.0 Å². The number of fused-ring (bicyclic) bond motifs is 2. The second kappa shape index (κ2) is 11.0. The molecular formula is C21H30N4O9S. The summed E-state index contributed by atoms with van der Waals surface area (Å²) in [5.74, 6) is -1.04. The normalized spacial score (nSPS) is 26.9. The van der Waals surface area contributed by atoms with Crippen LogP contribution in [0.4, 0.5) is 4.79 Å². The fourth-order valence-corrected chi connectivity index (χ4v) is 6.29. The number of hydrogen-bond donors (Lipinski definition) is 2. The number of amides is 2. The van der Waals surface area contributed by atoms with Crippen molar-refractivity contribution in [1.29, 1.82) is 0 Å². The fourth-order valence-electron chi connectivity index (χ4n) is 4.69. The highest BCUT2D eigenvalue weighted by Gasteiger charge is 2.55. The van der Waals surface area contributed by atoms with Gasteiger partial charge in [0.1, 0.15) is 17.5 Å². The molecule has 1 aromatic heterocycles. The van der Waals surface area contributed by atoms with Gasteiger partial charge < -0.3 is 19.3 Å². The molecule has 0 aliphatic carbocycles. The van der Waals surface area contributed by atoms with Gasteiger partial charge in [-0.1, -0.05) is 0 Å². The van der Waals surface area contributed by atoms with Crippen molar-refractivity contribution in [3.63, 3.8) is 0 Å². The summed E-state index contributed by atoms with van der Waals surface area (Å²) >= 11 is 0. The average molecular weight is 515 g/mol. The van der Waals surface area contributed by atoms with Gasteiger partial charge in [0.05, 0.1) is 18.8 Å². The fraction of sp³-hybridized carbons (Fsp3) is 0.667. The third kappa shape index (κ3) is 5.51. The standard InChI is InChI=1S/C21H30N4O9S/c1-31-10-11-33-21(28)25-14-5-7-16(25)19(20(27)23-34-18-4-2-3-9-32-18)24(13-14)35(29,30)15-6-8-17(26)22-12-15/h6,8,12,14,16,18-19H,2-5,7,9-11,13H2,1H3,(H,22,26)(H,23,27)/t14-,16?,18?,19-/m1/s1. The van der Waals surface area contributed by atoms with Crippen LogP contribution in [-0.4, -0.2) is 97.6 Å². The Morgan fingerprint density at radius 3 is 2.74 bits per heavy atom. The quantitative estimate of drug-likeness (QED) is 0.366. The number of pyridine rings is 1. The third-order valence-electron chi connectivity index (χ3n) is 6.36. The van der Waals surface area contributed by atoms with Gasteiger partial charge >= 0.3 is 6.09 Å². The van der Waals surface area contributed by atoms with Crippen LogP contribution in [0.2, 0.25) is 0 Å². The molecule has 3 aliphatic heterocycles. The average Bonchev–Trinajstić information content (AvgIpc) is 3.16. The molecule has 3 saturated heterocycles. The van der Waals surface area contributed by atoms with Gasteiger partial charge in [-0.05, 0) is 31.7 Å². The van der Waals surface area contributed by atoms with Crippen LogP contribution in [0.25, 0.3) is 0 Å². The molecule has 0 spiro atoms. The van der Waals surface area contributed by atoms with Crippen LogP contribution in [0.15, 0.2) is 23.2 Å². The van der Waals surface area contributed by atoms with Crippen LogP contribution < -0.4 is 5.48 Å². The number of rotatable bonds is 8. The number of sulfonamides is 1. The van der Waals surface area contributed by atoms with Gasteiger partial charge in [0.25, 0.3) is 5.91 Å². The lowest BCUT2D eigenvalue weighted by molar-refractivity contribution is -0.203. The molecule has 0 aromatic carbocycles. The van der Waals surface area contributed by atoms with Crippen LogP contribution in [0, 0.1) is 0 Å². The summed E-state index contributed by atoms with van der Waals surface area (Å²) in [5, 5.41) is 9.47. The summed E-state index contributed by atoms with van der Waals surface area (Å²) in [4.78, 5) is 36.5. The number of methoxy groups -OCH3 is 1. The minimum atomic E-state index is -4.20. The van der Waals surface area contributed by atoms with Crippen molar-refractivity contribution in [3.05, 3.63) is 18.3 Å². The Labute approximate surface area is 203 Å². The number of ether oxygens (including phenoxy) is 3. The molecule has 194 valence electrons. The molecule has 2 unspecified atom stereocenters. The molecule has 14 heteroatoms. The van der Waals surface area contributed by atoms with Crippen molar-refractivity contribution in [1.82, 2.24) is 19.7 Å². The molecule has 4 heterocycles. The summed E-state index contributed by atoms with van der Waals surface area (Å²) < 4.78 is 43.8. The predicted octanol–water partition coefficient (Wildman–Crippen LogP) is 0.351. The molecule has 2 bridgehead atoms. The van der Waals surface area contributed by atoms with Crippen molar-refractivity contribution in [3.8, 4) is 5.88 Å². The highest BCUT2D eigenvalue weighted by Crippen LogP contribution is 2.38. The van der Waals surface area contributed by atoms with Crippen LogP contribution in [0.3, 0.4) is 0 Å². The highest BCUT2D eigenvalue weighted by molar-refractivity contribution is 7.89. The number of piperazine rings is 1. The van der Waals surface area contributed by atoms with Gasteiger partial charge in [0.15, 0.2) is 6.29 Å². The lowest BCUT2D eigenvalue weighted by Crippen LogP contribution is -2.66. The van der Waals surface area contributed by atoms with Crippen LogP contribution >= 0.6 is 0 Å². The van der Waals surface area contributed by atoms with Gasteiger partial charge in [0.2, 0.25) is 15.9 Å². The number of hydrogen-bond acceptors (Lipinski definition) is 10. The number of aromatic hydroxyl groups is 1. The van der Waals surface area contributed by atoms with E-state index in [2.05, 4.69) is 10.5 Å². The maximum absolute atomic E-state index is 13.5. The minimum absolute atomic E-state index is 0.0332. The second-order valence-corrected chi connectivity index (χ2v) is 10.5. The molecule has 4 atom stereocenters. The minimum Gasteiger partial charge on any atom is -0.493 e. The Hall–Kier alpha value is -2.52. The van der Waals surface area contributed by atoms with E-state index in [9.17, 15) is 23.1 Å². The van der Waals surface area contributed by atoms with E-state index in [1.807, 2.05) is 0 Å². The van der Waals surface area contributed by atoms with E-state index >= 15 is 0 Å². The summed E-state index contributed by atoms with van der Waals surface area (Å²) in [6.07, 6.45) is 3.04. The van der Waals surface area contributed by atoms with E-state index in [-0.39, 0.29) is 30.5 Å². The number of carbonyl (C=O) groups excluding carboxylic acids is 2. The van der Waals surface area contributed by atoms with Crippen LogP contribution in [-0.2, 0) is 33.9 Å². The zero-order valence-electron chi connectivity index (χ0n) is 19.4. The largest absolute Gasteiger partial charge is 0.493 e. The van der Waals surface area contributed by atoms with E-state index in [1.54, 1.807) is 0 Å². The first-order valence-corrected chi connectivity index (χ1v) is 12.9. The molecule has 0 radical (unpaired) electrons. The molecule has 13 nitrogen and oxygen atoms in total. The van der Waals surface area contributed by atoms with Crippen LogP contribution in [0.1, 0.15) is 32.1 Å². The molecular weight excluding hydrogens is 484 g/mol. The molecule has 4 rings (SSSR count). The second-order valence-electron chi connectivity index (χ2n) is 8.56. The van der Waals surface area contributed by atoms with Crippen molar-refractivity contribution in [2.75, 3.05) is 33.5 Å². The SMILES string of the molecule is COCCOC(=O)N1C2CC[C@@H]1CN(S(=O)(=O)c1ccc(O)nc1)[C@H]2C(=O)NOC1CCCCO1. The monoisotopic (exact) mass is 514 g/mol. The summed E-state index contributed by atoms with van der Waals surface area (Å²) in [6, 6.07) is -0.136. The molecule has 2 N–H and O–H groups in total. The Morgan fingerprint density at radius 1 is 1.23 bits per heavy atom. The number of hydroxylamine groups is 1. The number of nitrogens with one attached hydrogen (secondary N) is 1. The molecule has 0 saturated carbocycles. The molecule has 35 heavy (non-hydrogen) atoms. The molecule has 3 aliphatic rings. The van der Waals surface area contributed by atoms with E-state index in [0.717, 1.165) is 29.4 Å². The predicted molar refractivity (Wildman–Crippen MR) is 118 cm³/mol. The van der Waals surface area contributed by atoms with Gasteiger partial charge in [-0.2, -0.15) is 4.31 Å². The van der Waals surface area contributed by atoms with Crippen molar-refractivity contribution < 1.29 is 42.2 Å². The Kier molecular flexibility index (Phi) is 8.06. The first kappa shape index (κ1) is 25.6. The maximum Gasteiger partial charge on any atom is 0.410 e. The summed E-state index contributed by atoms with van der Waals surface area (Å²) in [7, 11) is -2.72. The molecule has 3 fully saturated rings. The summed E-state index contributed by atoms with van der Waals surface area (Å²) in [5.41, 5.74) is 2.35. The maximum atomic E-state index is 13.5. The van der Waals surface area contributed by atoms with E-state index in [0.29, 0.717) is 25.9 Å². The first-order valence-electron chi connectivity index (χ1n) is 11.5. The van der Waals surface area contributed by atoms with E-state index < -0.39 is 46.4 Å². The Morgan fingerprint density at radius 2 is 2.06 bits per heavy atom. The highest BCUT2D eigenvalue weighted by atomic mass is 32.2. The van der Waals surface area contributed by atoms with E-state index in [1.165, 1.54) is 18.1 Å². The van der Waals surface area contributed by atoms with E-state index in [4.69, 9.17) is 19.0 Å². The zero-order chi connectivity index (χ0) is 25.0. The van der Waals surface area contributed by atoms with Gasteiger partial charge in [-0.3, -0.25) is 9.69 Å². The number of aromatic nitrogens is 1. The molecule has 2 amide bonds. The topological polar surface area (TPSA) is 157 Å². The molecule has 1 aromatic rings. The Bertz CT molecular complexity index is 1000. The van der Waals surface area contributed by atoms with Crippen LogP contribution in [0.5, 0.6) is 5.88 Å². The third-order valence-corrected chi connectivity index (χ3v) is 8.19. The zero-order valence-corrected chi connectivity index (χ0v) is 20.2. The number of carbonyl (C=O) groups is 2. The van der Waals surface area contributed by atoms with Crippen molar-refractivity contribution in [2.45, 2.75) is 61.4 Å². The smallest absolute Gasteiger partial charge is 0.410 e. The lowest BCUT2D eigenvalue weighted by Gasteiger charge is -2.44. The van der Waals surface area contributed by atoms with Gasteiger partial charge in [-0.25, -0.2) is 28.5 Å². The van der Waals surface area contributed by atoms with Gasteiger partial charge in [-0.15, -0.1) is 0 Å². The lowest BCUT2D eigenvalue weighted by atomic mass is 10.1. The Balaban J connectivity index is 1.59.